The number of carboxylic acid groups (broad SMARTS) is 1. The van der Waals surface area contributed by atoms with E-state index in [4.69, 9.17) is 5.11 Å². The van der Waals surface area contributed by atoms with Gasteiger partial charge in [-0.05, 0) is 24.8 Å². The normalized spacial score (nSPS) is 10.9. The topological polar surface area (TPSA) is 37.3 Å². The number of rotatable bonds is 10. The fraction of sp³-hybridized carbons (Fsp3) is 0.471. The molecule has 0 aliphatic rings. The van der Waals surface area contributed by atoms with Crippen molar-refractivity contribution in [1.29, 1.82) is 0 Å². The van der Waals surface area contributed by atoms with Gasteiger partial charge in [-0.15, -0.1) is 0 Å². The summed E-state index contributed by atoms with van der Waals surface area (Å²) in [4.78, 5) is 10.3. The summed E-state index contributed by atoms with van der Waals surface area (Å²) in [6.07, 6.45) is 12.6. The highest BCUT2D eigenvalue weighted by Crippen LogP contribution is 2.10. The summed E-state index contributed by atoms with van der Waals surface area (Å²) in [7, 11) is 0. The second-order valence-electron chi connectivity index (χ2n) is 4.87. The molecular weight excluding hydrogens is 236 g/mol. The first kappa shape index (κ1) is 15.5. The van der Waals surface area contributed by atoms with Gasteiger partial charge in [0.1, 0.15) is 0 Å². The van der Waals surface area contributed by atoms with Crippen molar-refractivity contribution in [2.45, 2.75) is 51.4 Å². The molecule has 1 rings (SSSR count). The van der Waals surface area contributed by atoms with Gasteiger partial charge in [-0.3, -0.25) is 4.79 Å². The zero-order chi connectivity index (χ0) is 13.8. The largest absolute Gasteiger partial charge is 0.481 e. The van der Waals surface area contributed by atoms with Crippen LogP contribution in [0.3, 0.4) is 0 Å². The van der Waals surface area contributed by atoms with Crippen molar-refractivity contribution in [2.24, 2.45) is 0 Å². The van der Waals surface area contributed by atoms with Crippen LogP contribution in [0.25, 0.3) is 6.08 Å². The molecule has 0 atom stereocenters. The summed E-state index contributed by atoms with van der Waals surface area (Å²) in [5, 5.41) is 8.50. The molecule has 1 aromatic carbocycles. The zero-order valence-corrected chi connectivity index (χ0v) is 11.6. The molecule has 0 saturated heterocycles. The van der Waals surface area contributed by atoms with Gasteiger partial charge in [0.2, 0.25) is 0 Å². The van der Waals surface area contributed by atoms with Crippen molar-refractivity contribution in [3.05, 3.63) is 42.0 Å². The number of allylic oxidation sites excluding steroid dienone is 1. The molecule has 0 unspecified atom stereocenters. The minimum Gasteiger partial charge on any atom is -0.481 e. The standard InChI is InChI=1S/C17H24O2/c18-17(19)15-11-6-4-2-1-3-5-8-12-16-13-9-7-10-14-16/h7-10,12-14H,1-6,11,15H2,(H,18,19)/b12-8+. The molecule has 1 aromatic rings. The highest BCUT2D eigenvalue weighted by atomic mass is 16.4. The first-order chi connectivity index (χ1) is 9.29. The Bertz CT molecular complexity index is 368. The third-order valence-electron chi connectivity index (χ3n) is 3.12. The van der Waals surface area contributed by atoms with E-state index in [0.29, 0.717) is 6.42 Å². The maximum absolute atomic E-state index is 10.3. The van der Waals surface area contributed by atoms with E-state index >= 15 is 0 Å². The highest BCUT2D eigenvalue weighted by molar-refractivity contribution is 5.66. The van der Waals surface area contributed by atoms with Crippen LogP contribution in [0.15, 0.2) is 36.4 Å². The van der Waals surface area contributed by atoms with Gasteiger partial charge in [0.15, 0.2) is 0 Å². The van der Waals surface area contributed by atoms with Gasteiger partial charge >= 0.3 is 5.97 Å². The van der Waals surface area contributed by atoms with Gasteiger partial charge in [-0.2, -0.15) is 0 Å². The molecule has 0 aliphatic heterocycles. The Morgan fingerprint density at radius 3 is 2.26 bits per heavy atom. The zero-order valence-electron chi connectivity index (χ0n) is 11.6. The van der Waals surface area contributed by atoms with Crippen molar-refractivity contribution >= 4 is 12.0 Å². The molecular formula is C17H24O2. The number of aliphatic carboxylic acids is 1. The average molecular weight is 260 g/mol. The smallest absolute Gasteiger partial charge is 0.303 e. The van der Waals surface area contributed by atoms with E-state index in [0.717, 1.165) is 25.7 Å². The van der Waals surface area contributed by atoms with Crippen LogP contribution in [0.1, 0.15) is 56.9 Å². The van der Waals surface area contributed by atoms with Gasteiger partial charge < -0.3 is 5.11 Å². The van der Waals surface area contributed by atoms with E-state index in [1.54, 1.807) is 0 Å². The average Bonchev–Trinajstić information content (AvgIpc) is 2.42. The van der Waals surface area contributed by atoms with Gasteiger partial charge in [-0.1, -0.05) is 68.2 Å². The quantitative estimate of drug-likeness (QED) is 0.607. The molecule has 0 heterocycles. The lowest BCUT2D eigenvalue weighted by atomic mass is 10.1. The summed E-state index contributed by atoms with van der Waals surface area (Å²) in [5.74, 6) is -0.675. The maximum atomic E-state index is 10.3. The lowest BCUT2D eigenvalue weighted by Gasteiger charge is -1.99. The van der Waals surface area contributed by atoms with Crippen molar-refractivity contribution in [1.82, 2.24) is 0 Å². The summed E-state index contributed by atoms with van der Waals surface area (Å²) in [5.41, 5.74) is 1.26. The number of carbonyl (C=O) groups is 1. The van der Waals surface area contributed by atoms with Gasteiger partial charge in [0, 0.05) is 6.42 Å². The Morgan fingerprint density at radius 2 is 1.58 bits per heavy atom. The summed E-state index contributed by atoms with van der Waals surface area (Å²) in [6, 6.07) is 10.4. The Kier molecular flexibility index (Phi) is 8.45. The monoisotopic (exact) mass is 260 g/mol. The van der Waals surface area contributed by atoms with Crippen LogP contribution in [0, 0.1) is 0 Å². The maximum Gasteiger partial charge on any atom is 0.303 e. The predicted molar refractivity (Wildman–Crippen MR) is 80.0 cm³/mol. The van der Waals surface area contributed by atoms with E-state index in [2.05, 4.69) is 36.4 Å². The van der Waals surface area contributed by atoms with Crippen LogP contribution < -0.4 is 0 Å². The number of hydrogen-bond donors (Lipinski definition) is 1. The number of hydrogen-bond acceptors (Lipinski definition) is 1. The van der Waals surface area contributed by atoms with E-state index in [1.807, 2.05) is 6.07 Å². The van der Waals surface area contributed by atoms with Crippen molar-refractivity contribution in [3.8, 4) is 0 Å². The minimum absolute atomic E-state index is 0.319. The van der Waals surface area contributed by atoms with Gasteiger partial charge in [0.05, 0.1) is 0 Å². The molecule has 0 aromatic heterocycles. The third-order valence-corrected chi connectivity index (χ3v) is 3.12. The second kappa shape index (κ2) is 10.4. The second-order valence-corrected chi connectivity index (χ2v) is 4.87. The first-order valence-electron chi connectivity index (χ1n) is 7.22. The van der Waals surface area contributed by atoms with E-state index < -0.39 is 5.97 Å². The van der Waals surface area contributed by atoms with Crippen molar-refractivity contribution in [2.75, 3.05) is 0 Å². The predicted octanol–water partition coefficient (Wildman–Crippen LogP) is 4.91. The fourth-order valence-corrected chi connectivity index (χ4v) is 2.03. The molecule has 104 valence electrons. The fourth-order valence-electron chi connectivity index (χ4n) is 2.03. The van der Waals surface area contributed by atoms with E-state index in [9.17, 15) is 4.79 Å². The number of carboxylic acids is 1. The lowest BCUT2D eigenvalue weighted by Crippen LogP contribution is -1.93. The van der Waals surface area contributed by atoms with Crippen molar-refractivity contribution < 1.29 is 9.90 Å². The first-order valence-corrected chi connectivity index (χ1v) is 7.22. The Morgan fingerprint density at radius 1 is 0.947 bits per heavy atom. The van der Waals surface area contributed by atoms with Crippen LogP contribution in [-0.4, -0.2) is 11.1 Å². The minimum atomic E-state index is -0.675. The number of benzene rings is 1. The summed E-state index contributed by atoms with van der Waals surface area (Å²) >= 11 is 0. The SMILES string of the molecule is O=C(O)CCCCCCCC/C=C/c1ccccc1. The molecule has 2 nitrogen and oxygen atoms in total. The Hall–Kier alpha value is -1.57. The third kappa shape index (κ3) is 9.06. The van der Waals surface area contributed by atoms with Gasteiger partial charge in [0.25, 0.3) is 0 Å². The van der Waals surface area contributed by atoms with E-state index in [-0.39, 0.29) is 0 Å². The molecule has 2 heteroatoms. The van der Waals surface area contributed by atoms with Crippen LogP contribution in [0.4, 0.5) is 0 Å². The molecule has 0 amide bonds. The summed E-state index contributed by atoms with van der Waals surface area (Å²) in [6.45, 7) is 0. The molecule has 0 aliphatic carbocycles. The molecule has 0 spiro atoms. The molecule has 0 fully saturated rings. The van der Waals surface area contributed by atoms with Gasteiger partial charge in [-0.25, -0.2) is 0 Å². The van der Waals surface area contributed by atoms with Crippen LogP contribution in [-0.2, 0) is 4.79 Å². The number of unbranched alkanes of at least 4 members (excludes halogenated alkanes) is 6. The molecule has 0 saturated carbocycles. The molecule has 0 bridgehead atoms. The Balaban J connectivity index is 1.91. The lowest BCUT2D eigenvalue weighted by molar-refractivity contribution is -0.137. The highest BCUT2D eigenvalue weighted by Gasteiger charge is 1.96. The van der Waals surface area contributed by atoms with Crippen molar-refractivity contribution in [3.63, 3.8) is 0 Å². The van der Waals surface area contributed by atoms with Crippen LogP contribution in [0.5, 0.6) is 0 Å². The molecule has 0 radical (unpaired) electrons. The Labute approximate surface area is 116 Å². The van der Waals surface area contributed by atoms with Crippen LogP contribution >= 0.6 is 0 Å². The van der Waals surface area contributed by atoms with Crippen LogP contribution in [0.2, 0.25) is 0 Å². The summed E-state index contributed by atoms with van der Waals surface area (Å²) < 4.78 is 0. The van der Waals surface area contributed by atoms with E-state index in [1.165, 1.54) is 24.8 Å². The molecule has 1 N–H and O–H groups in total. The molecule has 19 heavy (non-hydrogen) atoms.